The maximum atomic E-state index is 13.2. The van der Waals surface area contributed by atoms with Crippen molar-refractivity contribution in [3.63, 3.8) is 0 Å². The average Bonchev–Trinajstić information content (AvgIpc) is 3.18. The predicted octanol–water partition coefficient (Wildman–Crippen LogP) is 2.99. The van der Waals surface area contributed by atoms with E-state index in [0.29, 0.717) is 5.56 Å². The molecule has 2 N–H and O–H groups in total. The summed E-state index contributed by atoms with van der Waals surface area (Å²) in [4.78, 5) is 12.4. The average molecular weight is 406 g/mol. The van der Waals surface area contributed by atoms with Gasteiger partial charge in [0, 0.05) is 18.2 Å². The third kappa shape index (κ3) is 4.88. The normalized spacial score (nSPS) is 14.8. The summed E-state index contributed by atoms with van der Waals surface area (Å²) in [7, 11) is -2.44. The molecular formula is C20H23FN2O4S. The standard InChI is InChI=1S/C20H23FN2O4S/c1-27-18-10-9-15(20(24)22-13-14-5-4-6-16(21)11-14)12-19(18)28(25,26)23-17-7-2-3-8-17/h4-6,9-12,17,23H,2-3,7-8,13H2,1H3,(H,22,24). The van der Waals surface area contributed by atoms with Crippen LogP contribution in [0, 0.1) is 5.82 Å². The molecule has 1 aliphatic rings. The summed E-state index contributed by atoms with van der Waals surface area (Å²) in [5.41, 5.74) is 0.793. The monoisotopic (exact) mass is 406 g/mol. The summed E-state index contributed by atoms with van der Waals surface area (Å²) in [5.74, 6) is -0.668. The van der Waals surface area contributed by atoms with Crippen LogP contribution in [0.5, 0.6) is 5.75 Å². The molecule has 0 aromatic heterocycles. The van der Waals surface area contributed by atoms with Gasteiger partial charge in [0.05, 0.1) is 7.11 Å². The van der Waals surface area contributed by atoms with Crippen molar-refractivity contribution in [2.75, 3.05) is 7.11 Å². The van der Waals surface area contributed by atoms with E-state index in [1.54, 1.807) is 12.1 Å². The lowest BCUT2D eigenvalue weighted by atomic mass is 10.2. The molecule has 28 heavy (non-hydrogen) atoms. The molecule has 0 heterocycles. The van der Waals surface area contributed by atoms with Gasteiger partial charge in [-0.1, -0.05) is 25.0 Å². The third-order valence-corrected chi connectivity index (χ3v) is 6.28. The SMILES string of the molecule is COc1ccc(C(=O)NCc2cccc(F)c2)cc1S(=O)(=O)NC1CCCC1. The second kappa shape index (κ2) is 8.70. The Kier molecular flexibility index (Phi) is 6.31. The molecule has 2 aromatic carbocycles. The van der Waals surface area contributed by atoms with Crippen molar-refractivity contribution < 1.29 is 22.3 Å². The number of methoxy groups -OCH3 is 1. The molecule has 1 saturated carbocycles. The molecule has 0 bridgehead atoms. The van der Waals surface area contributed by atoms with Crippen molar-refractivity contribution in [3.8, 4) is 5.75 Å². The van der Waals surface area contributed by atoms with Crippen LogP contribution in [0.25, 0.3) is 0 Å². The summed E-state index contributed by atoms with van der Waals surface area (Å²) in [6, 6.07) is 10.1. The number of hydrogen-bond acceptors (Lipinski definition) is 4. The van der Waals surface area contributed by atoms with Gasteiger partial charge in [-0.3, -0.25) is 4.79 Å². The van der Waals surface area contributed by atoms with Crippen molar-refractivity contribution in [3.05, 3.63) is 59.4 Å². The number of amides is 1. The van der Waals surface area contributed by atoms with Gasteiger partial charge in [-0.2, -0.15) is 0 Å². The molecule has 3 rings (SSSR count). The fraction of sp³-hybridized carbons (Fsp3) is 0.350. The Balaban J connectivity index is 1.78. The second-order valence-corrected chi connectivity index (χ2v) is 8.46. The van der Waals surface area contributed by atoms with Gasteiger partial charge in [-0.05, 0) is 48.7 Å². The van der Waals surface area contributed by atoms with Gasteiger partial charge >= 0.3 is 0 Å². The topological polar surface area (TPSA) is 84.5 Å². The number of carbonyl (C=O) groups excluding carboxylic acids is 1. The molecule has 6 nitrogen and oxygen atoms in total. The minimum atomic E-state index is -3.82. The Morgan fingerprint density at radius 3 is 2.61 bits per heavy atom. The van der Waals surface area contributed by atoms with E-state index in [-0.39, 0.29) is 34.6 Å². The van der Waals surface area contributed by atoms with Crippen LogP contribution in [-0.2, 0) is 16.6 Å². The lowest BCUT2D eigenvalue weighted by Crippen LogP contribution is -2.33. The van der Waals surface area contributed by atoms with E-state index >= 15 is 0 Å². The zero-order valence-corrected chi connectivity index (χ0v) is 16.4. The van der Waals surface area contributed by atoms with Crippen molar-refractivity contribution >= 4 is 15.9 Å². The van der Waals surface area contributed by atoms with Gasteiger partial charge in [-0.25, -0.2) is 17.5 Å². The lowest BCUT2D eigenvalue weighted by molar-refractivity contribution is 0.0950. The molecular weight excluding hydrogens is 383 g/mol. The van der Waals surface area contributed by atoms with Gasteiger partial charge < -0.3 is 10.1 Å². The highest BCUT2D eigenvalue weighted by Gasteiger charge is 2.26. The summed E-state index contributed by atoms with van der Waals surface area (Å²) < 4.78 is 46.7. The molecule has 0 radical (unpaired) electrons. The van der Waals surface area contributed by atoms with Crippen LogP contribution >= 0.6 is 0 Å². The third-order valence-electron chi connectivity index (χ3n) is 4.73. The molecule has 1 amide bonds. The first kappa shape index (κ1) is 20.3. The van der Waals surface area contributed by atoms with Crippen molar-refractivity contribution in [1.29, 1.82) is 0 Å². The van der Waals surface area contributed by atoms with Gasteiger partial charge in [0.2, 0.25) is 10.0 Å². The minimum Gasteiger partial charge on any atom is -0.495 e. The highest BCUT2D eigenvalue weighted by Crippen LogP contribution is 2.27. The van der Waals surface area contributed by atoms with Crippen molar-refractivity contribution in [1.82, 2.24) is 10.0 Å². The van der Waals surface area contributed by atoms with E-state index < -0.39 is 15.9 Å². The number of carbonyl (C=O) groups is 1. The highest BCUT2D eigenvalue weighted by molar-refractivity contribution is 7.89. The Hall–Kier alpha value is -2.45. The maximum Gasteiger partial charge on any atom is 0.251 e. The summed E-state index contributed by atoms with van der Waals surface area (Å²) in [5, 5.41) is 2.67. The molecule has 2 aromatic rings. The minimum absolute atomic E-state index is 0.0692. The number of benzene rings is 2. The molecule has 8 heteroatoms. The van der Waals surface area contributed by atoms with E-state index in [4.69, 9.17) is 4.74 Å². The number of nitrogens with one attached hydrogen (secondary N) is 2. The van der Waals surface area contributed by atoms with Gasteiger partial charge in [0.15, 0.2) is 0 Å². The maximum absolute atomic E-state index is 13.2. The largest absolute Gasteiger partial charge is 0.495 e. The summed E-state index contributed by atoms with van der Waals surface area (Å²) >= 11 is 0. The van der Waals surface area contributed by atoms with E-state index in [9.17, 15) is 17.6 Å². The van der Waals surface area contributed by atoms with Crippen LogP contribution in [0.1, 0.15) is 41.6 Å². The van der Waals surface area contributed by atoms with Crippen LogP contribution < -0.4 is 14.8 Å². The molecule has 0 saturated heterocycles. The number of ether oxygens (including phenoxy) is 1. The zero-order valence-electron chi connectivity index (χ0n) is 15.6. The quantitative estimate of drug-likeness (QED) is 0.740. The fourth-order valence-electron chi connectivity index (χ4n) is 3.29. The van der Waals surface area contributed by atoms with Crippen molar-refractivity contribution in [2.45, 2.75) is 43.2 Å². The Morgan fingerprint density at radius 2 is 1.93 bits per heavy atom. The van der Waals surface area contributed by atoms with E-state index in [2.05, 4.69) is 10.0 Å². The van der Waals surface area contributed by atoms with Crippen LogP contribution in [0.2, 0.25) is 0 Å². The lowest BCUT2D eigenvalue weighted by Gasteiger charge is -2.16. The molecule has 1 aliphatic carbocycles. The zero-order chi connectivity index (χ0) is 20.1. The van der Waals surface area contributed by atoms with Gasteiger partial charge in [-0.15, -0.1) is 0 Å². The molecule has 0 aliphatic heterocycles. The Labute approximate surface area is 164 Å². The molecule has 0 atom stereocenters. The number of halogens is 1. The first-order valence-corrected chi connectivity index (χ1v) is 10.6. The highest BCUT2D eigenvalue weighted by atomic mass is 32.2. The van der Waals surface area contributed by atoms with Crippen LogP contribution in [0.4, 0.5) is 4.39 Å². The van der Waals surface area contributed by atoms with Crippen LogP contribution in [0.15, 0.2) is 47.4 Å². The second-order valence-electron chi connectivity index (χ2n) is 6.78. The van der Waals surface area contributed by atoms with Gasteiger partial charge in [0.25, 0.3) is 5.91 Å². The number of sulfonamides is 1. The fourth-order valence-corrected chi connectivity index (χ4v) is 4.79. The Bertz CT molecular complexity index is 956. The van der Waals surface area contributed by atoms with E-state index in [1.807, 2.05) is 0 Å². The molecule has 0 unspecified atom stereocenters. The van der Waals surface area contributed by atoms with Crippen molar-refractivity contribution in [2.24, 2.45) is 0 Å². The molecule has 0 spiro atoms. The van der Waals surface area contributed by atoms with Crippen LogP contribution in [-0.4, -0.2) is 27.5 Å². The summed E-state index contributed by atoms with van der Waals surface area (Å²) in [6.07, 6.45) is 3.59. The smallest absolute Gasteiger partial charge is 0.251 e. The first-order chi connectivity index (χ1) is 13.4. The van der Waals surface area contributed by atoms with Crippen LogP contribution in [0.3, 0.4) is 0 Å². The molecule has 1 fully saturated rings. The summed E-state index contributed by atoms with van der Waals surface area (Å²) in [6.45, 7) is 0.130. The first-order valence-electron chi connectivity index (χ1n) is 9.12. The Morgan fingerprint density at radius 1 is 1.18 bits per heavy atom. The number of hydrogen-bond donors (Lipinski definition) is 2. The predicted molar refractivity (Wildman–Crippen MR) is 103 cm³/mol. The van der Waals surface area contributed by atoms with E-state index in [1.165, 1.54) is 37.4 Å². The van der Waals surface area contributed by atoms with Gasteiger partial charge in [0.1, 0.15) is 16.5 Å². The van der Waals surface area contributed by atoms with E-state index in [0.717, 1.165) is 25.7 Å². The number of rotatable bonds is 7. The molecule has 150 valence electrons.